The molecule has 0 unspecified atom stereocenters. The second kappa shape index (κ2) is 4.00. The first-order chi connectivity index (χ1) is 8.27. The number of halogens is 1. The van der Waals surface area contributed by atoms with Gasteiger partial charge in [0.2, 0.25) is 0 Å². The van der Waals surface area contributed by atoms with Crippen molar-refractivity contribution < 1.29 is 9.32 Å². The molecule has 3 rings (SSSR count). The van der Waals surface area contributed by atoms with E-state index in [9.17, 15) is 4.79 Å². The number of Topliss-reactive ketones (excluding diaryl/α,β-unsaturated/α-hetero) is 1. The van der Waals surface area contributed by atoms with Crippen molar-refractivity contribution in [2.24, 2.45) is 0 Å². The first-order valence-corrected chi connectivity index (χ1v) is 5.92. The van der Waals surface area contributed by atoms with E-state index < -0.39 is 0 Å². The SMILES string of the molecule is O=C1CCCc2noc(-c3ccccc3Cl)c21. The largest absolute Gasteiger partial charge is 0.355 e. The summed E-state index contributed by atoms with van der Waals surface area (Å²) in [4.78, 5) is 11.9. The Kier molecular flexibility index (Phi) is 2.48. The molecule has 2 aromatic rings. The van der Waals surface area contributed by atoms with E-state index in [2.05, 4.69) is 5.16 Å². The third-order valence-electron chi connectivity index (χ3n) is 2.98. The van der Waals surface area contributed by atoms with Crippen molar-refractivity contribution in [1.29, 1.82) is 0 Å². The van der Waals surface area contributed by atoms with Crippen molar-refractivity contribution in [3.63, 3.8) is 0 Å². The molecule has 0 aliphatic heterocycles. The van der Waals surface area contributed by atoms with E-state index in [1.54, 1.807) is 6.07 Å². The lowest BCUT2D eigenvalue weighted by Crippen LogP contribution is -2.10. The molecule has 86 valence electrons. The molecule has 0 amide bonds. The number of benzene rings is 1. The molecule has 3 nitrogen and oxygen atoms in total. The second-order valence-electron chi connectivity index (χ2n) is 4.09. The Hall–Kier alpha value is -1.61. The molecule has 0 spiro atoms. The van der Waals surface area contributed by atoms with Crippen LogP contribution in [0.4, 0.5) is 0 Å². The second-order valence-corrected chi connectivity index (χ2v) is 4.50. The normalized spacial score (nSPS) is 14.8. The summed E-state index contributed by atoms with van der Waals surface area (Å²) >= 11 is 6.11. The molecule has 1 aromatic carbocycles. The van der Waals surface area contributed by atoms with Crippen molar-refractivity contribution in [1.82, 2.24) is 5.16 Å². The fourth-order valence-electron chi connectivity index (χ4n) is 2.15. The topological polar surface area (TPSA) is 43.1 Å². The molecule has 4 heteroatoms. The number of ketones is 1. The van der Waals surface area contributed by atoms with Crippen LogP contribution in [0.5, 0.6) is 0 Å². The first kappa shape index (κ1) is 10.5. The highest BCUT2D eigenvalue weighted by atomic mass is 35.5. The maximum Gasteiger partial charge on any atom is 0.179 e. The molecular weight excluding hydrogens is 238 g/mol. The van der Waals surface area contributed by atoms with Crippen LogP contribution in [0.25, 0.3) is 11.3 Å². The lowest BCUT2D eigenvalue weighted by atomic mass is 9.93. The number of carbonyl (C=O) groups is 1. The van der Waals surface area contributed by atoms with Gasteiger partial charge in [-0.05, 0) is 25.0 Å². The maximum atomic E-state index is 11.9. The molecule has 0 bridgehead atoms. The molecule has 1 aliphatic rings. The molecule has 0 atom stereocenters. The van der Waals surface area contributed by atoms with E-state index >= 15 is 0 Å². The Morgan fingerprint density at radius 2 is 2.06 bits per heavy atom. The van der Waals surface area contributed by atoms with E-state index in [0.717, 1.165) is 24.1 Å². The number of fused-ring (bicyclic) bond motifs is 1. The van der Waals surface area contributed by atoms with E-state index in [4.69, 9.17) is 16.1 Å². The van der Waals surface area contributed by atoms with Gasteiger partial charge in [-0.2, -0.15) is 0 Å². The van der Waals surface area contributed by atoms with Crippen LogP contribution in [0.3, 0.4) is 0 Å². The molecule has 1 heterocycles. The van der Waals surface area contributed by atoms with Crippen molar-refractivity contribution in [3.05, 3.63) is 40.5 Å². The monoisotopic (exact) mass is 247 g/mol. The lowest BCUT2D eigenvalue weighted by Gasteiger charge is -2.08. The standard InChI is InChI=1S/C13H10ClNO2/c14-9-5-2-1-4-8(9)13-12-10(15-17-13)6-3-7-11(12)16/h1-2,4-5H,3,6-7H2. The number of hydrogen-bond acceptors (Lipinski definition) is 3. The Bertz CT molecular complexity index is 589. The summed E-state index contributed by atoms with van der Waals surface area (Å²) in [5, 5.41) is 4.54. The predicted octanol–water partition coefficient (Wildman–Crippen LogP) is 3.51. The summed E-state index contributed by atoms with van der Waals surface area (Å²) in [6.07, 6.45) is 2.21. The van der Waals surface area contributed by atoms with Crippen molar-refractivity contribution in [3.8, 4) is 11.3 Å². The zero-order valence-electron chi connectivity index (χ0n) is 9.07. The molecule has 1 aliphatic carbocycles. The zero-order valence-corrected chi connectivity index (χ0v) is 9.83. The number of rotatable bonds is 1. The Balaban J connectivity index is 2.20. The highest BCUT2D eigenvalue weighted by Crippen LogP contribution is 2.34. The number of aryl methyl sites for hydroxylation is 1. The molecule has 1 aromatic heterocycles. The molecule has 0 fully saturated rings. The number of nitrogens with zero attached hydrogens (tertiary/aromatic N) is 1. The van der Waals surface area contributed by atoms with Crippen LogP contribution < -0.4 is 0 Å². The molecular formula is C13H10ClNO2. The van der Waals surface area contributed by atoms with E-state index in [1.807, 2.05) is 18.2 Å². The van der Waals surface area contributed by atoms with Gasteiger partial charge in [-0.15, -0.1) is 0 Å². The minimum absolute atomic E-state index is 0.0995. The Labute approximate surface area is 103 Å². The van der Waals surface area contributed by atoms with Gasteiger partial charge in [-0.25, -0.2) is 0 Å². The maximum absolute atomic E-state index is 11.9. The van der Waals surface area contributed by atoms with Crippen LogP contribution >= 0.6 is 11.6 Å². The molecule has 0 N–H and O–H groups in total. The van der Waals surface area contributed by atoms with Crippen LogP contribution in [-0.2, 0) is 6.42 Å². The van der Waals surface area contributed by atoms with E-state index in [1.165, 1.54) is 0 Å². The van der Waals surface area contributed by atoms with Crippen molar-refractivity contribution in [2.75, 3.05) is 0 Å². The summed E-state index contributed by atoms with van der Waals surface area (Å²) in [6.45, 7) is 0. The van der Waals surface area contributed by atoms with Gasteiger partial charge >= 0.3 is 0 Å². The van der Waals surface area contributed by atoms with Gasteiger partial charge in [0.25, 0.3) is 0 Å². The van der Waals surface area contributed by atoms with Gasteiger partial charge in [0, 0.05) is 12.0 Å². The number of hydrogen-bond donors (Lipinski definition) is 0. The fraction of sp³-hybridized carbons (Fsp3) is 0.231. The van der Waals surface area contributed by atoms with E-state index in [0.29, 0.717) is 22.8 Å². The van der Waals surface area contributed by atoms with Crippen LogP contribution in [-0.4, -0.2) is 10.9 Å². The lowest BCUT2D eigenvalue weighted by molar-refractivity contribution is 0.0973. The summed E-state index contributed by atoms with van der Waals surface area (Å²) in [5.74, 6) is 0.609. The number of carbonyl (C=O) groups excluding carboxylic acids is 1. The molecule has 0 radical (unpaired) electrons. The molecule has 0 saturated heterocycles. The quantitative estimate of drug-likeness (QED) is 0.774. The van der Waals surface area contributed by atoms with Gasteiger partial charge in [-0.3, -0.25) is 4.79 Å². The third kappa shape index (κ3) is 1.67. The van der Waals surface area contributed by atoms with Gasteiger partial charge in [-0.1, -0.05) is 28.9 Å². The number of aromatic nitrogens is 1. The molecule has 0 saturated carbocycles. The summed E-state index contributed by atoms with van der Waals surface area (Å²) in [5.41, 5.74) is 2.11. The molecule has 17 heavy (non-hydrogen) atoms. The van der Waals surface area contributed by atoms with Gasteiger partial charge < -0.3 is 4.52 Å². The minimum Gasteiger partial charge on any atom is -0.355 e. The van der Waals surface area contributed by atoms with Crippen LogP contribution in [0, 0.1) is 0 Å². The van der Waals surface area contributed by atoms with Gasteiger partial charge in [0.1, 0.15) is 0 Å². The Morgan fingerprint density at radius 3 is 2.88 bits per heavy atom. The van der Waals surface area contributed by atoms with Crippen LogP contribution in [0.2, 0.25) is 5.02 Å². The summed E-state index contributed by atoms with van der Waals surface area (Å²) in [7, 11) is 0. The van der Waals surface area contributed by atoms with Crippen molar-refractivity contribution >= 4 is 17.4 Å². The highest BCUT2D eigenvalue weighted by molar-refractivity contribution is 6.33. The summed E-state index contributed by atoms with van der Waals surface area (Å²) < 4.78 is 5.30. The average molecular weight is 248 g/mol. The smallest absolute Gasteiger partial charge is 0.179 e. The van der Waals surface area contributed by atoms with Gasteiger partial charge in [0.05, 0.1) is 16.3 Å². The fourth-order valence-corrected chi connectivity index (χ4v) is 2.37. The third-order valence-corrected chi connectivity index (χ3v) is 3.31. The zero-order chi connectivity index (χ0) is 11.8. The van der Waals surface area contributed by atoms with Crippen LogP contribution in [0.1, 0.15) is 28.9 Å². The minimum atomic E-state index is 0.0995. The van der Waals surface area contributed by atoms with Gasteiger partial charge in [0.15, 0.2) is 11.5 Å². The van der Waals surface area contributed by atoms with Crippen molar-refractivity contribution in [2.45, 2.75) is 19.3 Å². The predicted molar refractivity (Wildman–Crippen MR) is 64.2 cm³/mol. The van der Waals surface area contributed by atoms with Crippen LogP contribution in [0.15, 0.2) is 28.8 Å². The van der Waals surface area contributed by atoms with E-state index in [-0.39, 0.29) is 5.78 Å². The first-order valence-electron chi connectivity index (χ1n) is 5.54. The summed E-state index contributed by atoms with van der Waals surface area (Å²) in [6, 6.07) is 7.32. The Morgan fingerprint density at radius 1 is 1.24 bits per heavy atom. The average Bonchev–Trinajstić information content (AvgIpc) is 2.75. The highest BCUT2D eigenvalue weighted by Gasteiger charge is 2.27.